The number of carboxylic acid groups (broad SMARTS) is 1. The van der Waals surface area contributed by atoms with Gasteiger partial charge >= 0.3 is 5.97 Å². The van der Waals surface area contributed by atoms with Crippen LogP contribution >= 0.6 is 11.8 Å². The lowest BCUT2D eigenvalue weighted by molar-refractivity contribution is -0.146. The normalized spacial score (nSPS) is 27.3. The third-order valence-corrected chi connectivity index (χ3v) is 3.07. The molecule has 2 aliphatic rings. The lowest BCUT2D eigenvalue weighted by atomic mass is 10.1. The first-order valence-corrected chi connectivity index (χ1v) is 4.62. The lowest BCUT2D eigenvalue weighted by Gasteiger charge is -2.42. The number of carbonyl (C=O) groups excluding carboxylic acids is 1. The largest absolute Gasteiger partial charge is 0.477 e. The van der Waals surface area contributed by atoms with Crippen molar-refractivity contribution in [3.8, 4) is 0 Å². The highest BCUT2D eigenvalue weighted by molar-refractivity contribution is 8.00. The van der Waals surface area contributed by atoms with Gasteiger partial charge in [-0.25, -0.2) is 4.79 Å². The summed E-state index contributed by atoms with van der Waals surface area (Å²) >= 11 is 1.60. The van der Waals surface area contributed by atoms with Crippen molar-refractivity contribution < 1.29 is 14.7 Å². The number of carbonyl (C=O) groups is 2. The molecule has 0 bridgehead atoms. The van der Waals surface area contributed by atoms with Gasteiger partial charge in [0.15, 0.2) is 0 Å². The number of fused-ring (bicyclic) bond motifs is 1. The number of hydrogen-bond donors (Lipinski definition) is 1. The Morgan fingerprint density at radius 1 is 1.75 bits per heavy atom. The first-order chi connectivity index (χ1) is 5.70. The molecule has 0 aromatic heterocycles. The predicted molar refractivity (Wildman–Crippen MR) is 43.4 cm³/mol. The minimum absolute atomic E-state index is 0.0774. The monoisotopic (exact) mass is 185 g/mol. The minimum atomic E-state index is -1.01. The van der Waals surface area contributed by atoms with Gasteiger partial charge in [-0.05, 0) is 6.08 Å². The van der Waals surface area contributed by atoms with Gasteiger partial charge in [-0.2, -0.15) is 0 Å². The maximum Gasteiger partial charge on any atom is 0.352 e. The fourth-order valence-corrected chi connectivity index (χ4v) is 2.45. The van der Waals surface area contributed by atoms with Crippen LogP contribution in [-0.2, 0) is 9.59 Å². The number of carboxylic acids is 1. The van der Waals surface area contributed by atoms with Gasteiger partial charge in [0.1, 0.15) is 5.70 Å². The molecule has 12 heavy (non-hydrogen) atoms. The first kappa shape index (κ1) is 7.67. The molecule has 1 N–H and O–H groups in total. The molecule has 1 saturated heterocycles. The Labute approximate surface area is 73.2 Å². The molecule has 5 heteroatoms. The van der Waals surface area contributed by atoms with Gasteiger partial charge in [-0.15, -0.1) is 11.8 Å². The number of rotatable bonds is 1. The Hall–Kier alpha value is -0.970. The third-order valence-electron chi connectivity index (χ3n) is 1.95. The highest BCUT2D eigenvalue weighted by Crippen LogP contribution is 2.36. The second kappa shape index (κ2) is 2.52. The molecule has 0 aromatic carbocycles. The van der Waals surface area contributed by atoms with Crippen molar-refractivity contribution in [2.45, 2.75) is 11.8 Å². The fourth-order valence-electron chi connectivity index (χ4n) is 1.34. The summed E-state index contributed by atoms with van der Waals surface area (Å²) in [6, 6.07) is 0. The third kappa shape index (κ3) is 0.929. The summed E-state index contributed by atoms with van der Waals surface area (Å²) in [5, 5.41) is 8.78. The first-order valence-electron chi connectivity index (χ1n) is 3.57. The van der Waals surface area contributed by atoms with Crippen LogP contribution in [0.4, 0.5) is 0 Å². The van der Waals surface area contributed by atoms with E-state index in [0.717, 1.165) is 0 Å². The SMILES string of the molecule is O=C(O)C1=CCS[C@H]2CC(=O)N12. The molecule has 4 nitrogen and oxygen atoms in total. The van der Waals surface area contributed by atoms with Crippen molar-refractivity contribution in [1.82, 2.24) is 4.90 Å². The Kier molecular flexibility index (Phi) is 1.61. The van der Waals surface area contributed by atoms with Crippen molar-refractivity contribution in [2.75, 3.05) is 5.75 Å². The number of thioether (sulfide) groups is 1. The van der Waals surface area contributed by atoms with Crippen LogP contribution in [0.15, 0.2) is 11.8 Å². The topological polar surface area (TPSA) is 57.6 Å². The molecule has 2 aliphatic heterocycles. The lowest BCUT2D eigenvalue weighted by Crippen LogP contribution is -2.52. The van der Waals surface area contributed by atoms with Crippen molar-refractivity contribution in [1.29, 1.82) is 0 Å². The van der Waals surface area contributed by atoms with Crippen LogP contribution in [0.1, 0.15) is 6.42 Å². The molecule has 0 unspecified atom stereocenters. The zero-order valence-electron chi connectivity index (χ0n) is 6.19. The van der Waals surface area contributed by atoms with Crippen molar-refractivity contribution in [3.05, 3.63) is 11.8 Å². The molecule has 64 valence electrons. The standard InChI is InChI=1S/C7H7NO3S/c9-5-3-6-8(5)4(7(10)11)1-2-12-6/h1,6H,2-3H2,(H,10,11)/t6-/m0/s1. The highest BCUT2D eigenvalue weighted by Gasteiger charge is 2.42. The van der Waals surface area contributed by atoms with Gasteiger partial charge in [0.2, 0.25) is 5.91 Å². The fraction of sp³-hybridized carbons (Fsp3) is 0.429. The Balaban J connectivity index is 2.26. The summed E-state index contributed by atoms with van der Waals surface area (Å²) in [7, 11) is 0. The average molecular weight is 185 g/mol. The Morgan fingerprint density at radius 2 is 2.50 bits per heavy atom. The number of hydrogen-bond acceptors (Lipinski definition) is 3. The van der Waals surface area contributed by atoms with Gasteiger partial charge in [0, 0.05) is 5.75 Å². The molecule has 1 amide bonds. The van der Waals surface area contributed by atoms with Crippen LogP contribution in [0.2, 0.25) is 0 Å². The van der Waals surface area contributed by atoms with Gasteiger partial charge in [0.05, 0.1) is 11.8 Å². The van der Waals surface area contributed by atoms with E-state index in [9.17, 15) is 9.59 Å². The smallest absolute Gasteiger partial charge is 0.352 e. The van der Waals surface area contributed by atoms with Crippen LogP contribution < -0.4 is 0 Å². The average Bonchev–Trinajstić information content (AvgIpc) is 2.01. The van der Waals surface area contributed by atoms with E-state index in [0.29, 0.717) is 12.2 Å². The highest BCUT2D eigenvalue weighted by atomic mass is 32.2. The van der Waals surface area contributed by atoms with E-state index in [2.05, 4.69) is 0 Å². The van der Waals surface area contributed by atoms with Crippen molar-refractivity contribution in [3.63, 3.8) is 0 Å². The van der Waals surface area contributed by atoms with Crippen LogP contribution in [0.25, 0.3) is 0 Å². The van der Waals surface area contributed by atoms with E-state index in [4.69, 9.17) is 5.11 Å². The number of nitrogens with zero attached hydrogens (tertiary/aromatic N) is 1. The predicted octanol–water partition coefficient (Wildman–Crippen LogP) is 0.260. The summed E-state index contributed by atoms with van der Waals surface area (Å²) in [5.74, 6) is -0.398. The molecular formula is C7H7NO3S. The summed E-state index contributed by atoms with van der Waals surface area (Å²) in [6.07, 6.45) is 2.07. The van der Waals surface area contributed by atoms with E-state index in [1.807, 2.05) is 0 Å². The summed E-state index contributed by atoms with van der Waals surface area (Å²) in [5.41, 5.74) is 0.148. The molecule has 1 fully saturated rings. The summed E-state index contributed by atoms with van der Waals surface area (Å²) < 4.78 is 0. The molecular weight excluding hydrogens is 178 g/mol. The Bertz CT molecular complexity index is 286. The van der Waals surface area contributed by atoms with Gasteiger partial charge < -0.3 is 5.11 Å². The molecule has 0 radical (unpaired) electrons. The molecule has 2 rings (SSSR count). The molecule has 0 spiro atoms. The maximum absolute atomic E-state index is 11.0. The maximum atomic E-state index is 11.0. The Morgan fingerprint density at radius 3 is 3.00 bits per heavy atom. The van der Waals surface area contributed by atoms with Crippen LogP contribution in [0.5, 0.6) is 0 Å². The van der Waals surface area contributed by atoms with Crippen LogP contribution in [-0.4, -0.2) is 33.0 Å². The van der Waals surface area contributed by atoms with E-state index in [-0.39, 0.29) is 17.0 Å². The molecule has 0 aliphatic carbocycles. The van der Waals surface area contributed by atoms with Crippen molar-refractivity contribution >= 4 is 23.6 Å². The summed E-state index contributed by atoms with van der Waals surface area (Å²) in [4.78, 5) is 23.0. The van der Waals surface area contributed by atoms with Crippen LogP contribution in [0.3, 0.4) is 0 Å². The second-order valence-corrected chi connectivity index (χ2v) is 3.86. The zero-order chi connectivity index (χ0) is 8.72. The number of amides is 1. The number of aliphatic carboxylic acids is 1. The van der Waals surface area contributed by atoms with E-state index < -0.39 is 5.97 Å². The van der Waals surface area contributed by atoms with Gasteiger partial charge in [0.25, 0.3) is 0 Å². The molecule has 0 saturated carbocycles. The molecule has 0 aromatic rings. The van der Waals surface area contributed by atoms with E-state index >= 15 is 0 Å². The van der Waals surface area contributed by atoms with Crippen molar-refractivity contribution in [2.24, 2.45) is 0 Å². The van der Waals surface area contributed by atoms with Gasteiger partial charge in [-0.1, -0.05) is 0 Å². The van der Waals surface area contributed by atoms with E-state index in [1.165, 1.54) is 4.90 Å². The van der Waals surface area contributed by atoms with Gasteiger partial charge in [-0.3, -0.25) is 9.69 Å². The van der Waals surface area contributed by atoms with Crippen LogP contribution in [0, 0.1) is 0 Å². The second-order valence-electron chi connectivity index (χ2n) is 2.65. The molecule has 2 heterocycles. The minimum Gasteiger partial charge on any atom is -0.477 e. The quantitative estimate of drug-likeness (QED) is 0.595. The summed E-state index contributed by atoms with van der Waals surface area (Å²) in [6.45, 7) is 0. The zero-order valence-corrected chi connectivity index (χ0v) is 7.00. The molecule has 1 atom stereocenters. The number of β-lactam (4-membered cyclic amide) rings is 1. The van der Waals surface area contributed by atoms with E-state index in [1.54, 1.807) is 17.8 Å².